The first-order valence-electron chi connectivity index (χ1n) is 4.81. The van der Waals surface area contributed by atoms with Gasteiger partial charge in [-0.3, -0.25) is 0 Å². The number of nitrogens with zero attached hydrogens (tertiary/aromatic N) is 2. The van der Waals surface area contributed by atoms with Crippen molar-refractivity contribution in [2.24, 2.45) is 7.05 Å². The van der Waals surface area contributed by atoms with Gasteiger partial charge in [-0.15, -0.1) is 0 Å². The number of imidazole rings is 1. The van der Waals surface area contributed by atoms with Crippen molar-refractivity contribution in [3.05, 3.63) is 42.7 Å². The second-order valence-corrected chi connectivity index (χ2v) is 3.51. The molecule has 2 aromatic heterocycles. The van der Waals surface area contributed by atoms with Crippen LogP contribution in [-0.4, -0.2) is 9.55 Å². The van der Waals surface area contributed by atoms with Gasteiger partial charge in [0.25, 0.3) is 0 Å². The summed E-state index contributed by atoms with van der Waals surface area (Å²) in [5.41, 5.74) is 0.899. The van der Waals surface area contributed by atoms with Gasteiger partial charge in [0.2, 0.25) is 0 Å². The molecule has 3 rings (SSSR count). The average Bonchev–Trinajstić information content (AvgIpc) is 2.82. The highest BCUT2D eigenvalue weighted by Gasteiger charge is 2.08. The molecule has 0 radical (unpaired) electrons. The number of hydrogen-bond acceptors (Lipinski definition) is 2. The molecule has 0 aliphatic carbocycles. The highest BCUT2D eigenvalue weighted by atomic mass is 16.3. The Morgan fingerprint density at radius 3 is 2.87 bits per heavy atom. The van der Waals surface area contributed by atoms with E-state index in [9.17, 15) is 0 Å². The van der Waals surface area contributed by atoms with Gasteiger partial charge >= 0.3 is 0 Å². The largest absolute Gasteiger partial charge is 0.453 e. The Balaban J connectivity index is 2.24. The number of rotatable bonds is 1. The monoisotopic (exact) mass is 198 g/mol. The molecule has 1 aromatic carbocycles. The van der Waals surface area contributed by atoms with E-state index >= 15 is 0 Å². The molecule has 3 nitrogen and oxygen atoms in total. The van der Waals surface area contributed by atoms with E-state index in [2.05, 4.69) is 4.98 Å². The van der Waals surface area contributed by atoms with Gasteiger partial charge in [-0.1, -0.05) is 18.2 Å². The summed E-state index contributed by atoms with van der Waals surface area (Å²) in [6.45, 7) is 0. The maximum atomic E-state index is 5.71. The van der Waals surface area contributed by atoms with Gasteiger partial charge in [-0.25, -0.2) is 4.98 Å². The fourth-order valence-corrected chi connectivity index (χ4v) is 1.70. The Labute approximate surface area is 87.0 Å². The predicted molar refractivity (Wildman–Crippen MR) is 58.4 cm³/mol. The lowest BCUT2D eigenvalue weighted by molar-refractivity contribution is 0.620. The summed E-state index contributed by atoms with van der Waals surface area (Å²) in [4.78, 5) is 4.25. The number of fused-ring (bicyclic) bond motifs is 1. The fourth-order valence-electron chi connectivity index (χ4n) is 1.70. The normalized spacial score (nSPS) is 11.0. The number of aromatic nitrogens is 2. The van der Waals surface area contributed by atoms with Crippen LogP contribution < -0.4 is 0 Å². The summed E-state index contributed by atoms with van der Waals surface area (Å²) >= 11 is 0. The molecule has 0 unspecified atom stereocenters. The number of benzene rings is 1. The van der Waals surface area contributed by atoms with Crippen molar-refractivity contribution in [1.82, 2.24) is 9.55 Å². The van der Waals surface area contributed by atoms with Gasteiger partial charge in [0.1, 0.15) is 5.58 Å². The molecule has 0 saturated heterocycles. The van der Waals surface area contributed by atoms with E-state index in [1.165, 1.54) is 0 Å². The van der Waals surface area contributed by atoms with Crippen LogP contribution in [0.3, 0.4) is 0 Å². The molecule has 0 bridgehead atoms. The van der Waals surface area contributed by atoms with Crippen LogP contribution in [0.2, 0.25) is 0 Å². The number of para-hydroxylation sites is 1. The van der Waals surface area contributed by atoms with Crippen molar-refractivity contribution in [2.75, 3.05) is 0 Å². The Bertz CT molecular complexity index is 574. The third kappa shape index (κ3) is 1.24. The Hall–Kier alpha value is -2.03. The molecule has 0 amide bonds. The molecule has 2 heterocycles. The van der Waals surface area contributed by atoms with Crippen LogP contribution in [0.5, 0.6) is 0 Å². The number of aryl methyl sites for hydroxylation is 1. The second-order valence-electron chi connectivity index (χ2n) is 3.51. The Morgan fingerprint density at radius 2 is 2.13 bits per heavy atom. The van der Waals surface area contributed by atoms with Crippen molar-refractivity contribution in [3.8, 4) is 11.6 Å². The summed E-state index contributed by atoms with van der Waals surface area (Å²) < 4.78 is 7.65. The van der Waals surface area contributed by atoms with Crippen LogP contribution in [-0.2, 0) is 7.05 Å². The predicted octanol–water partition coefficient (Wildman–Crippen LogP) is 2.83. The lowest BCUT2D eigenvalue weighted by atomic mass is 10.2. The van der Waals surface area contributed by atoms with Gasteiger partial charge in [-0.05, 0) is 12.1 Å². The van der Waals surface area contributed by atoms with Crippen LogP contribution in [0.25, 0.3) is 22.6 Å². The van der Waals surface area contributed by atoms with Crippen molar-refractivity contribution >= 4 is 11.0 Å². The minimum atomic E-state index is 0.809. The molecule has 3 aromatic rings. The van der Waals surface area contributed by atoms with E-state index in [4.69, 9.17) is 4.42 Å². The Morgan fingerprint density at radius 1 is 1.27 bits per heavy atom. The number of hydrogen-bond donors (Lipinski definition) is 0. The lowest BCUT2D eigenvalue weighted by Gasteiger charge is -1.95. The molecule has 0 aliphatic heterocycles. The maximum Gasteiger partial charge on any atom is 0.175 e. The topological polar surface area (TPSA) is 31.0 Å². The average molecular weight is 198 g/mol. The van der Waals surface area contributed by atoms with Crippen molar-refractivity contribution in [1.29, 1.82) is 0 Å². The van der Waals surface area contributed by atoms with Crippen LogP contribution in [0.4, 0.5) is 0 Å². The molecule has 0 atom stereocenters. The molecule has 0 N–H and O–H groups in total. The van der Waals surface area contributed by atoms with Crippen LogP contribution in [0.1, 0.15) is 0 Å². The molecular formula is C12H10N2O. The standard InChI is InChI=1S/C12H10N2O/c1-14-7-6-13-12(14)11-8-9-4-2-3-5-10(9)15-11/h2-8H,1H3. The lowest BCUT2D eigenvalue weighted by Crippen LogP contribution is -1.88. The van der Waals surface area contributed by atoms with E-state index in [0.29, 0.717) is 0 Å². The van der Waals surface area contributed by atoms with Gasteiger partial charge in [0.05, 0.1) is 0 Å². The van der Waals surface area contributed by atoms with E-state index in [-0.39, 0.29) is 0 Å². The van der Waals surface area contributed by atoms with E-state index < -0.39 is 0 Å². The highest BCUT2D eigenvalue weighted by molar-refractivity contribution is 5.81. The fraction of sp³-hybridized carbons (Fsp3) is 0.0833. The van der Waals surface area contributed by atoms with Crippen LogP contribution >= 0.6 is 0 Å². The zero-order valence-electron chi connectivity index (χ0n) is 8.34. The minimum Gasteiger partial charge on any atom is -0.453 e. The van der Waals surface area contributed by atoms with Crippen molar-refractivity contribution < 1.29 is 4.42 Å². The first kappa shape index (κ1) is 8.29. The van der Waals surface area contributed by atoms with Crippen molar-refractivity contribution in [3.63, 3.8) is 0 Å². The summed E-state index contributed by atoms with van der Waals surface area (Å²) in [6.07, 6.45) is 3.67. The van der Waals surface area contributed by atoms with E-state index in [0.717, 1.165) is 22.6 Å². The SMILES string of the molecule is Cn1ccnc1-c1cc2ccccc2o1. The highest BCUT2D eigenvalue weighted by Crippen LogP contribution is 2.25. The zero-order valence-corrected chi connectivity index (χ0v) is 8.34. The smallest absolute Gasteiger partial charge is 0.175 e. The van der Waals surface area contributed by atoms with Gasteiger partial charge in [0.15, 0.2) is 11.6 Å². The molecular weight excluding hydrogens is 188 g/mol. The first-order valence-corrected chi connectivity index (χ1v) is 4.81. The minimum absolute atomic E-state index is 0.809. The molecule has 0 aliphatic rings. The molecule has 74 valence electrons. The summed E-state index contributed by atoms with van der Waals surface area (Å²) in [5.74, 6) is 1.66. The summed E-state index contributed by atoms with van der Waals surface area (Å²) in [7, 11) is 1.95. The summed E-state index contributed by atoms with van der Waals surface area (Å²) in [6, 6.07) is 9.97. The molecule has 0 fully saturated rings. The molecule has 0 saturated carbocycles. The molecule has 0 spiro atoms. The van der Waals surface area contributed by atoms with Gasteiger partial charge in [0, 0.05) is 24.8 Å². The van der Waals surface area contributed by atoms with E-state index in [1.807, 2.05) is 48.1 Å². The maximum absolute atomic E-state index is 5.71. The van der Waals surface area contributed by atoms with Crippen LogP contribution in [0.15, 0.2) is 47.1 Å². The second kappa shape index (κ2) is 2.98. The summed E-state index contributed by atoms with van der Waals surface area (Å²) in [5, 5.41) is 1.11. The Kier molecular flexibility index (Phi) is 1.65. The quantitative estimate of drug-likeness (QED) is 0.602. The third-order valence-electron chi connectivity index (χ3n) is 2.47. The van der Waals surface area contributed by atoms with Crippen LogP contribution in [0, 0.1) is 0 Å². The van der Waals surface area contributed by atoms with Gasteiger partial charge in [-0.2, -0.15) is 0 Å². The first-order chi connectivity index (χ1) is 7.34. The molecule has 3 heteroatoms. The van der Waals surface area contributed by atoms with Gasteiger partial charge < -0.3 is 8.98 Å². The zero-order chi connectivity index (χ0) is 10.3. The molecule has 15 heavy (non-hydrogen) atoms. The third-order valence-corrected chi connectivity index (χ3v) is 2.47. The number of furan rings is 1. The van der Waals surface area contributed by atoms with Crippen molar-refractivity contribution in [2.45, 2.75) is 0 Å². The van der Waals surface area contributed by atoms with E-state index in [1.54, 1.807) is 6.20 Å².